The summed E-state index contributed by atoms with van der Waals surface area (Å²) in [6, 6.07) is 1.85. The number of urea groups is 1. The Balaban J connectivity index is 2.36. The zero-order valence-electron chi connectivity index (χ0n) is 13.0. The van der Waals surface area contributed by atoms with Crippen LogP contribution in [0.2, 0.25) is 0 Å². The predicted octanol–water partition coefficient (Wildman–Crippen LogP) is 3.23. The Labute approximate surface area is 129 Å². The summed E-state index contributed by atoms with van der Waals surface area (Å²) in [6.45, 7) is 8.48. The normalized spacial score (nSPS) is 13.5. The summed E-state index contributed by atoms with van der Waals surface area (Å²) in [4.78, 5) is 24.8. The molecule has 21 heavy (non-hydrogen) atoms. The molecule has 2 unspecified atom stereocenters. The summed E-state index contributed by atoms with van der Waals surface area (Å²) in [5, 5.41) is 14.3. The van der Waals surface area contributed by atoms with Crippen LogP contribution in [0.15, 0.2) is 6.07 Å². The number of amides is 2. The molecule has 0 saturated carbocycles. The Bertz CT molecular complexity index is 499. The van der Waals surface area contributed by atoms with Gasteiger partial charge in [0.15, 0.2) is 0 Å². The Morgan fingerprint density at radius 2 is 2.00 bits per heavy atom. The van der Waals surface area contributed by atoms with Crippen molar-refractivity contribution in [3.8, 4) is 0 Å². The van der Waals surface area contributed by atoms with Crippen molar-refractivity contribution in [1.29, 1.82) is 0 Å². The largest absolute Gasteiger partial charge is 0.481 e. The third-order valence-corrected chi connectivity index (χ3v) is 4.34. The molecule has 5 nitrogen and oxygen atoms in total. The zero-order chi connectivity index (χ0) is 16.0. The summed E-state index contributed by atoms with van der Waals surface area (Å²) >= 11 is 1.72. The van der Waals surface area contributed by atoms with Crippen LogP contribution in [0.4, 0.5) is 4.79 Å². The van der Waals surface area contributed by atoms with Crippen molar-refractivity contribution in [2.45, 2.75) is 46.6 Å². The fourth-order valence-corrected chi connectivity index (χ4v) is 3.17. The summed E-state index contributed by atoms with van der Waals surface area (Å²) in [7, 11) is 0. The number of thiophene rings is 1. The van der Waals surface area contributed by atoms with E-state index in [4.69, 9.17) is 5.11 Å². The van der Waals surface area contributed by atoms with E-state index in [1.54, 1.807) is 11.3 Å². The van der Waals surface area contributed by atoms with Crippen molar-refractivity contribution in [3.05, 3.63) is 21.4 Å². The molecule has 2 atom stereocenters. The molecule has 3 N–H and O–H groups in total. The Morgan fingerprint density at radius 1 is 1.33 bits per heavy atom. The second-order valence-electron chi connectivity index (χ2n) is 5.48. The SMILES string of the molecule is Cc1cc(C(C)NC(=O)NCC(C)CCC(=O)O)c(C)s1. The number of carbonyl (C=O) groups excluding carboxylic acids is 1. The summed E-state index contributed by atoms with van der Waals surface area (Å²) < 4.78 is 0. The number of hydrogen-bond acceptors (Lipinski definition) is 3. The van der Waals surface area contributed by atoms with Gasteiger partial charge in [-0.15, -0.1) is 11.3 Å². The quantitative estimate of drug-likeness (QED) is 0.723. The molecule has 0 aliphatic rings. The molecule has 0 aliphatic carbocycles. The van der Waals surface area contributed by atoms with E-state index in [1.165, 1.54) is 9.75 Å². The number of nitrogens with one attached hydrogen (secondary N) is 2. The van der Waals surface area contributed by atoms with E-state index in [2.05, 4.69) is 30.5 Å². The Hall–Kier alpha value is -1.56. The van der Waals surface area contributed by atoms with E-state index in [1.807, 2.05) is 13.8 Å². The Kier molecular flexibility index (Phi) is 6.68. The van der Waals surface area contributed by atoms with Gasteiger partial charge in [-0.1, -0.05) is 6.92 Å². The molecule has 0 bridgehead atoms. The number of aryl methyl sites for hydroxylation is 2. The lowest BCUT2D eigenvalue weighted by Gasteiger charge is -2.16. The first-order valence-corrected chi connectivity index (χ1v) is 7.94. The summed E-state index contributed by atoms with van der Waals surface area (Å²) in [5.41, 5.74) is 1.14. The topological polar surface area (TPSA) is 78.4 Å². The van der Waals surface area contributed by atoms with E-state index in [0.717, 1.165) is 5.56 Å². The lowest BCUT2D eigenvalue weighted by molar-refractivity contribution is -0.137. The highest BCUT2D eigenvalue weighted by molar-refractivity contribution is 7.12. The minimum Gasteiger partial charge on any atom is -0.481 e. The molecule has 0 spiro atoms. The molecule has 6 heteroatoms. The molecule has 0 fully saturated rings. The van der Waals surface area contributed by atoms with Crippen molar-refractivity contribution in [1.82, 2.24) is 10.6 Å². The fourth-order valence-electron chi connectivity index (χ4n) is 2.14. The van der Waals surface area contributed by atoms with Crippen LogP contribution in [0.3, 0.4) is 0 Å². The van der Waals surface area contributed by atoms with E-state index < -0.39 is 5.97 Å². The molecule has 0 radical (unpaired) electrons. The first-order chi connectivity index (χ1) is 9.79. The molecule has 0 aromatic carbocycles. The van der Waals surface area contributed by atoms with Gasteiger partial charge in [0, 0.05) is 22.7 Å². The smallest absolute Gasteiger partial charge is 0.315 e. The number of rotatable bonds is 7. The van der Waals surface area contributed by atoms with Crippen molar-refractivity contribution in [2.24, 2.45) is 5.92 Å². The standard InChI is InChI=1S/C15H24N2O3S/c1-9(5-6-14(18)19)8-16-15(20)17-11(3)13-7-10(2)21-12(13)4/h7,9,11H,5-6,8H2,1-4H3,(H,18,19)(H2,16,17,20). The van der Waals surface area contributed by atoms with Gasteiger partial charge in [0.25, 0.3) is 0 Å². The van der Waals surface area contributed by atoms with Gasteiger partial charge < -0.3 is 15.7 Å². The predicted molar refractivity (Wildman–Crippen MR) is 84.8 cm³/mol. The molecule has 1 heterocycles. The van der Waals surface area contributed by atoms with Crippen molar-refractivity contribution in [2.75, 3.05) is 6.54 Å². The van der Waals surface area contributed by atoms with Crippen molar-refractivity contribution in [3.63, 3.8) is 0 Å². The van der Waals surface area contributed by atoms with Gasteiger partial charge in [-0.2, -0.15) is 0 Å². The van der Waals surface area contributed by atoms with Crippen LogP contribution in [-0.4, -0.2) is 23.7 Å². The van der Waals surface area contributed by atoms with Crippen LogP contribution >= 0.6 is 11.3 Å². The van der Waals surface area contributed by atoms with E-state index >= 15 is 0 Å². The molecule has 1 aromatic heterocycles. The maximum atomic E-state index is 11.9. The molecule has 1 rings (SSSR count). The van der Waals surface area contributed by atoms with Crippen LogP contribution in [0.25, 0.3) is 0 Å². The van der Waals surface area contributed by atoms with E-state index in [9.17, 15) is 9.59 Å². The molecule has 0 saturated heterocycles. The van der Waals surface area contributed by atoms with Gasteiger partial charge in [-0.05, 0) is 44.7 Å². The average molecular weight is 312 g/mol. The summed E-state index contributed by atoms with van der Waals surface area (Å²) in [6.07, 6.45) is 0.697. The molecule has 118 valence electrons. The van der Waals surface area contributed by atoms with Crippen LogP contribution in [0.5, 0.6) is 0 Å². The molecule has 0 aliphatic heterocycles. The first-order valence-electron chi connectivity index (χ1n) is 7.12. The third kappa shape index (κ3) is 6.16. The highest BCUT2D eigenvalue weighted by Gasteiger charge is 2.14. The second kappa shape index (κ2) is 8.02. The average Bonchev–Trinajstić information content (AvgIpc) is 2.73. The fraction of sp³-hybridized carbons (Fsp3) is 0.600. The van der Waals surface area contributed by atoms with E-state index in [-0.39, 0.29) is 24.4 Å². The van der Waals surface area contributed by atoms with Gasteiger partial charge >= 0.3 is 12.0 Å². The highest BCUT2D eigenvalue weighted by atomic mass is 32.1. The van der Waals surface area contributed by atoms with Crippen LogP contribution in [0.1, 0.15) is 48.0 Å². The molecular weight excluding hydrogens is 288 g/mol. The monoisotopic (exact) mass is 312 g/mol. The number of hydrogen-bond donors (Lipinski definition) is 3. The minimum atomic E-state index is -0.803. The third-order valence-electron chi connectivity index (χ3n) is 3.36. The zero-order valence-corrected chi connectivity index (χ0v) is 13.8. The number of carbonyl (C=O) groups is 2. The summed E-state index contributed by atoms with van der Waals surface area (Å²) in [5.74, 6) is -0.657. The number of aliphatic carboxylic acids is 1. The maximum Gasteiger partial charge on any atom is 0.315 e. The van der Waals surface area contributed by atoms with Gasteiger partial charge in [0.1, 0.15) is 0 Å². The van der Waals surface area contributed by atoms with Crippen LogP contribution < -0.4 is 10.6 Å². The minimum absolute atomic E-state index is 0.0377. The molecular formula is C15H24N2O3S. The molecule has 1 aromatic rings. The maximum absolute atomic E-state index is 11.9. The van der Waals surface area contributed by atoms with Crippen molar-refractivity contribution < 1.29 is 14.7 Å². The second-order valence-corrected chi connectivity index (χ2v) is 6.94. The van der Waals surface area contributed by atoms with Gasteiger partial charge in [-0.3, -0.25) is 4.79 Å². The van der Waals surface area contributed by atoms with Crippen LogP contribution in [0, 0.1) is 19.8 Å². The molecule has 2 amide bonds. The Morgan fingerprint density at radius 3 is 2.52 bits per heavy atom. The number of carboxylic acids is 1. The van der Waals surface area contributed by atoms with Gasteiger partial charge in [0.2, 0.25) is 0 Å². The van der Waals surface area contributed by atoms with E-state index in [0.29, 0.717) is 13.0 Å². The lowest BCUT2D eigenvalue weighted by atomic mass is 10.1. The van der Waals surface area contributed by atoms with Crippen molar-refractivity contribution >= 4 is 23.3 Å². The number of carboxylic acid groups (broad SMARTS) is 1. The van der Waals surface area contributed by atoms with Gasteiger partial charge in [-0.25, -0.2) is 4.79 Å². The first kappa shape index (κ1) is 17.5. The highest BCUT2D eigenvalue weighted by Crippen LogP contribution is 2.25. The lowest BCUT2D eigenvalue weighted by Crippen LogP contribution is -2.39. The van der Waals surface area contributed by atoms with Gasteiger partial charge in [0.05, 0.1) is 6.04 Å². The van der Waals surface area contributed by atoms with Crippen LogP contribution in [-0.2, 0) is 4.79 Å².